The maximum Gasteiger partial charge on any atom is 0.253 e. The van der Waals surface area contributed by atoms with Gasteiger partial charge in [0.05, 0.1) is 11.3 Å². The predicted molar refractivity (Wildman–Crippen MR) is 74.3 cm³/mol. The Morgan fingerprint density at radius 3 is 2.74 bits per heavy atom. The SMILES string of the molecule is C[C@@H](NC(=O)c1cccc(F)c1N)C1CCCCC1. The highest BCUT2D eigenvalue weighted by Crippen LogP contribution is 2.26. The molecule has 1 saturated carbocycles. The number of nitrogens with one attached hydrogen (secondary N) is 1. The second kappa shape index (κ2) is 6.04. The van der Waals surface area contributed by atoms with Gasteiger partial charge in [0.1, 0.15) is 5.82 Å². The van der Waals surface area contributed by atoms with Gasteiger partial charge in [0.15, 0.2) is 0 Å². The number of carbonyl (C=O) groups excluding carboxylic acids is 1. The molecule has 0 heterocycles. The molecule has 1 aromatic carbocycles. The second-order valence-corrected chi connectivity index (χ2v) is 5.36. The van der Waals surface area contributed by atoms with E-state index in [1.165, 1.54) is 31.4 Å². The number of hydrogen-bond donors (Lipinski definition) is 2. The number of anilines is 1. The van der Waals surface area contributed by atoms with Crippen molar-refractivity contribution in [2.24, 2.45) is 5.92 Å². The summed E-state index contributed by atoms with van der Waals surface area (Å²) in [5, 5.41) is 2.95. The number of hydrogen-bond acceptors (Lipinski definition) is 2. The Balaban J connectivity index is 2.02. The average Bonchev–Trinajstić information content (AvgIpc) is 2.42. The number of rotatable bonds is 3. The van der Waals surface area contributed by atoms with Crippen LogP contribution in [0.1, 0.15) is 49.4 Å². The first-order valence-corrected chi connectivity index (χ1v) is 6.94. The number of nitrogen functional groups attached to an aromatic ring is 1. The molecule has 0 spiro atoms. The minimum atomic E-state index is -0.544. The molecule has 3 nitrogen and oxygen atoms in total. The summed E-state index contributed by atoms with van der Waals surface area (Å²) >= 11 is 0. The fraction of sp³-hybridized carbons (Fsp3) is 0.533. The van der Waals surface area contributed by atoms with Crippen molar-refractivity contribution in [1.29, 1.82) is 0 Å². The van der Waals surface area contributed by atoms with E-state index in [0.29, 0.717) is 5.92 Å². The van der Waals surface area contributed by atoms with E-state index in [4.69, 9.17) is 5.73 Å². The molecule has 2 rings (SSSR count). The van der Waals surface area contributed by atoms with E-state index in [0.717, 1.165) is 12.8 Å². The van der Waals surface area contributed by atoms with Crippen LogP contribution in [0.25, 0.3) is 0 Å². The van der Waals surface area contributed by atoms with Crippen LogP contribution < -0.4 is 11.1 Å². The Morgan fingerprint density at radius 2 is 2.05 bits per heavy atom. The fourth-order valence-corrected chi connectivity index (χ4v) is 2.77. The Kier molecular flexibility index (Phi) is 4.40. The standard InChI is InChI=1S/C15H21FN2O/c1-10(11-6-3-2-4-7-11)18-15(19)12-8-5-9-13(16)14(12)17/h5,8-11H,2-4,6-7,17H2,1H3,(H,18,19)/t10-/m1/s1. The molecule has 1 atom stereocenters. The molecule has 0 saturated heterocycles. The maximum absolute atomic E-state index is 13.3. The van der Waals surface area contributed by atoms with E-state index in [9.17, 15) is 9.18 Å². The van der Waals surface area contributed by atoms with Crippen molar-refractivity contribution in [3.8, 4) is 0 Å². The van der Waals surface area contributed by atoms with Crippen LogP contribution >= 0.6 is 0 Å². The molecule has 1 aliphatic carbocycles. The number of halogens is 1. The molecule has 104 valence electrons. The molecule has 1 fully saturated rings. The van der Waals surface area contributed by atoms with Crippen LogP contribution in [0, 0.1) is 11.7 Å². The Labute approximate surface area is 113 Å². The molecular weight excluding hydrogens is 243 g/mol. The molecule has 4 heteroatoms. The van der Waals surface area contributed by atoms with Gasteiger partial charge in [-0.25, -0.2) is 4.39 Å². The molecule has 0 aromatic heterocycles. The lowest BCUT2D eigenvalue weighted by Gasteiger charge is -2.28. The zero-order valence-corrected chi connectivity index (χ0v) is 11.3. The third-order valence-electron chi connectivity index (χ3n) is 4.01. The summed E-state index contributed by atoms with van der Waals surface area (Å²) < 4.78 is 13.3. The molecule has 0 bridgehead atoms. The maximum atomic E-state index is 13.3. The van der Waals surface area contributed by atoms with E-state index in [-0.39, 0.29) is 23.2 Å². The van der Waals surface area contributed by atoms with Crippen LogP contribution in [0.5, 0.6) is 0 Å². The number of para-hydroxylation sites is 1. The highest BCUT2D eigenvalue weighted by molar-refractivity contribution is 5.99. The summed E-state index contributed by atoms with van der Waals surface area (Å²) in [7, 11) is 0. The third-order valence-corrected chi connectivity index (χ3v) is 4.01. The molecule has 3 N–H and O–H groups in total. The predicted octanol–water partition coefficient (Wildman–Crippen LogP) is 3.11. The molecule has 19 heavy (non-hydrogen) atoms. The highest BCUT2D eigenvalue weighted by atomic mass is 19.1. The smallest absolute Gasteiger partial charge is 0.253 e. The Hall–Kier alpha value is -1.58. The van der Waals surface area contributed by atoms with Crippen molar-refractivity contribution in [2.45, 2.75) is 45.1 Å². The molecule has 1 amide bonds. The second-order valence-electron chi connectivity index (χ2n) is 5.36. The number of nitrogens with two attached hydrogens (primary N) is 1. The van der Waals surface area contributed by atoms with Gasteiger partial charge in [0.25, 0.3) is 5.91 Å². The molecule has 1 aliphatic rings. The fourth-order valence-electron chi connectivity index (χ4n) is 2.77. The van der Waals surface area contributed by atoms with Crippen LogP contribution in [-0.2, 0) is 0 Å². The van der Waals surface area contributed by atoms with E-state index >= 15 is 0 Å². The number of carbonyl (C=O) groups is 1. The van der Waals surface area contributed by atoms with Gasteiger partial charge in [0.2, 0.25) is 0 Å². The lowest BCUT2D eigenvalue weighted by Crippen LogP contribution is -2.39. The first kappa shape index (κ1) is 13.8. The lowest BCUT2D eigenvalue weighted by atomic mass is 9.84. The summed E-state index contributed by atoms with van der Waals surface area (Å²) in [4.78, 5) is 12.1. The zero-order chi connectivity index (χ0) is 13.8. The molecule has 0 radical (unpaired) electrons. The topological polar surface area (TPSA) is 55.1 Å². The largest absolute Gasteiger partial charge is 0.396 e. The van der Waals surface area contributed by atoms with Gasteiger partial charge < -0.3 is 11.1 Å². The van der Waals surface area contributed by atoms with E-state index in [1.807, 2.05) is 6.92 Å². The molecule has 0 unspecified atom stereocenters. The van der Waals surface area contributed by atoms with Gasteiger partial charge in [-0.2, -0.15) is 0 Å². The quantitative estimate of drug-likeness (QED) is 0.824. The van der Waals surface area contributed by atoms with Gasteiger partial charge in [-0.05, 0) is 37.8 Å². The summed E-state index contributed by atoms with van der Waals surface area (Å²) in [5.41, 5.74) is 5.75. The minimum Gasteiger partial charge on any atom is -0.396 e. The summed E-state index contributed by atoms with van der Waals surface area (Å²) in [6.07, 6.45) is 6.05. The molecular formula is C15H21FN2O. The van der Waals surface area contributed by atoms with Crippen molar-refractivity contribution >= 4 is 11.6 Å². The van der Waals surface area contributed by atoms with Crippen LogP contribution in [-0.4, -0.2) is 11.9 Å². The van der Waals surface area contributed by atoms with E-state index in [1.54, 1.807) is 6.07 Å². The van der Waals surface area contributed by atoms with Gasteiger partial charge in [-0.1, -0.05) is 25.3 Å². The van der Waals surface area contributed by atoms with Crippen molar-refractivity contribution in [1.82, 2.24) is 5.32 Å². The average molecular weight is 264 g/mol. The van der Waals surface area contributed by atoms with Crippen LogP contribution in [0.4, 0.5) is 10.1 Å². The number of benzene rings is 1. The number of amides is 1. The van der Waals surface area contributed by atoms with Crippen molar-refractivity contribution in [3.05, 3.63) is 29.6 Å². The first-order chi connectivity index (χ1) is 9.09. The summed E-state index contributed by atoms with van der Waals surface area (Å²) in [6, 6.07) is 4.43. The van der Waals surface area contributed by atoms with Crippen molar-refractivity contribution < 1.29 is 9.18 Å². The summed E-state index contributed by atoms with van der Waals surface area (Å²) in [6.45, 7) is 2.02. The molecule has 0 aliphatic heterocycles. The Morgan fingerprint density at radius 1 is 1.37 bits per heavy atom. The van der Waals surface area contributed by atoms with Crippen molar-refractivity contribution in [2.75, 3.05) is 5.73 Å². The van der Waals surface area contributed by atoms with E-state index < -0.39 is 5.82 Å². The van der Waals surface area contributed by atoms with Crippen molar-refractivity contribution in [3.63, 3.8) is 0 Å². The monoisotopic (exact) mass is 264 g/mol. The first-order valence-electron chi connectivity index (χ1n) is 6.94. The van der Waals surface area contributed by atoms with E-state index in [2.05, 4.69) is 5.32 Å². The third kappa shape index (κ3) is 3.25. The van der Waals surface area contributed by atoms with Crippen LogP contribution in [0.2, 0.25) is 0 Å². The zero-order valence-electron chi connectivity index (χ0n) is 11.3. The van der Waals surface area contributed by atoms with Crippen LogP contribution in [0.15, 0.2) is 18.2 Å². The highest BCUT2D eigenvalue weighted by Gasteiger charge is 2.22. The van der Waals surface area contributed by atoms with Gasteiger partial charge in [0, 0.05) is 6.04 Å². The van der Waals surface area contributed by atoms with Gasteiger partial charge >= 0.3 is 0 Å². The van der Waals surface area contributed by atoms with Gasteiger partial charge in [-0.3, -0.25) is 4.79 Å². The van der Waals surface area contributed by atoms with Gasteiger partial charge in [-0.15, -0.1) is 0 Å². The summed E-state index contributed by atoms with van der Waals surface area (Å²) in [5.74, 6) is -0.305. The lowest BCUT2D eigenvalue weighted by molar-refractivity contribution is 0.0920. The minimum absolute atomic E-state index is 0.0733. The van der Waals surface area contributed by atoms with Crippen LogP contribution in [0.3, 0.4) is 0 Å². The normalized spacial score (nSPS) is 18.0. The molecule has 1 aromatic rings. The Bertz CT molecular complexity index is 455.